The van der Waals surface area contributed by atoms with E-state index in [0.29, 0.717) is 25.3 Å². The third kappa shape index (κ3) is 4.75. The van der Waals surface area contributed by atoms with E-state index in [9.17, 15) is 9.18 Å². The fourth-order valence-corrected chi connectivity index (χ4v) is 4.33. The SMILES string of the molecule is COc1ccccc1-c1ccc2oc(CN3CCN(C(=O)Nc4cccc(F)c4)CC3)cc2c1. The normalized spacial score (nSPS) is 14.4. The largest absolute Gasteiger partial charge is 0.496 e. The first-order valence-electron chi connectivity index (χ1n) is 11.3. The van der Waals surface area contributed by atoms with Gasteiger partial charge in [0, 0.05) is 42.8 Å². The lowest BCUT2D eigenvalue weighted by Crippen LogP contribution is -2.49. The number of anilines is 1. The second-order valence-corrected chi connectivity index (χ2v) is 8.37. The van der Waals surface area contributed by atoms with Gasteiger partial charge in [-0.05, 0) is 48.0 Å². The summed E-state index contributed by atoms with van der Waals surface area (Å²) in [6.45, 7) is 3.34. The van der Waals surface area contributed by atoms with Gasteiger partial charge in [0.05, 0.1) is 13.7 Å². The van der Waals surface area contributed by atoms with E-state index in [0.717, 1.165) is 46.7 Å². The molecule has 2 heterocycles. The van der Waals surface area contributed by atoms with Crippen LogP contribution in [-0.4, -0.2) is 49.1 Å². The maximum absolute atomic E-state index is 13.4. The average molecular weight is 460 g/mol. The van der Waals surface area contributed by atoms with Gasteiger partial charge in [0.2, 0.25) is 0 Å². The van der Waals surface area contributed by atoms with Crippen LogP contribution in [0.15, 0.2) is 77.2 Å². The van der Waals surface area contributed by atoms with Crippen molar-refractivity contribution in [3.05, 3.63) is 84.4 Å². The molecule has 0 spiro atoms. The van der Waals surface area contributed by atoms with E-state index >= 15 is 0 Å². The van der Waals surface area contributed by atoms with Crippen LogP contribution in [0.2, 0.25) is 0 Å². The number of hydrogen-bond donors (Lipinski definition) is 1. The van der Waals surface area contributed by atoms with Gasteiger partial charge in [-0.25, -0.2) is 9.18 Å². The Labute approximate surface area is 197 Å². The van der Waals surface area contributed by atoms with Gasteiger partial charge in [0.25, 0.3) is 0 Å². The van der Waals surface area contributed by atoms with Gasteiger partial charge in [-0.15, -0.1) is 0 Å². The number of methoxy groups -OCH3 is 1. The standard InChI is InChI=1S/C27H26FN3O3/c1-33-26-8-3-2-7-24(26)19-9-10-25-20(15-19)16-23(34-25)18-30-11-13-31(14-12-30)27(32)29-22-6-4-5-21(28)17-22/h2-10,15-17H,11-14,18H2,1H3,(H,29,32). The summed E-state index contributed by atoms with van der Waals surface area (Å²) in [6, 6.07) is 21.9. The molecule has 5 rings (SSSR count). The zero-order chi connectivity index (χ0) is 23.5. The summed E-state index contributed by atoms with van der Waals surface area (Å²) in [5.74, 6) is 1.36. The van der Waals surface area contributed by atoms with E-state index in [4.69, 9.17) is 9.15 Å². The highest BCUT2D eigenvalue weighted by Gasteiger charge is 2.22. The lowest BCUT2D eigenvalue weighted by molar-refractivity contribution is 0.137. The molecule has 1 saturated heterocycles. The highest BCUT2D eigenvalue weighted by atomic mass is 19.1. The molecule has 34 heavy (non-hydrogen) atoms. The Kier molecular flexibility index (Phi) is 6.18. The van der Waals surface area contributed by atoms with Crippen LogP contribution in [0.25, 0.3) is 22.1 Å². The zero-order valence-corrected chi connectivity index (χ0v) is 19.0. The number of halogens is 1. The molecular formula is C27H26FN3O3. The molecule has 3 aromatic carbocycles. The summed E-state index contributed by atoms with van der Waals surface area (Å²) in [7, 11) is 1.68. The molecule has 7 heteroatoms. The molecule has 0 unspecified atom stereocenters. The average Bonchev–Trinajstić information content (AvgIpc) is 3.26. The van der Waals surface area contributed by atoms with Crippen molar-refractivity contribution < 1.29 is 18.3 Å². The van der Waals surface area contributed by atoms with Crippen molar-refractivity contribution in [1.82, 2.24) is 9.80 Å². The van der Waals surface area contributed by atoms with Crippen molar-refractivity contribution in [2.24, 2.45) is 0 Å². The zero-order valence-electron chi connectivity index (χ0n) is 19.0. The molecule has 1 aliphatic heterocycles. The van der Waals surface area contributed by atoms with E-state index in [2.05, 4.69) is 22.3 Å². The fourth-order valence-electron chi connectivity index (χ4n) is 4.33. The Hall–Kier alpha value is -3.84. The van der Waals surface area contributed by atoms with Crippen molar-refractivity contribution >= 4 is 22.7 Å². The molecule has 0 aliphatic carbocycles. The predicted octanol–water partition coefficient (Wildman–Crippen LogP) is 5.60. The fraction of sp³-hybridized carbons (Fsp3) is 0.222. The number of nitrogens with zero attached hydrogens (tertiary/aromatic N) is 2. The number of para-hydroxylation sites is 1. The predicted molar refractivity (Wildman–Crippen MR) is 130 cm³/mol. The van der Waals surface area contributed by atoms with E-state index in [1.54, 1.807) is 24.1 Å². The van der Waals surface area contributed by atoms with Crippen LogP contribution in [0.4, 0.5) is 14.9 Å². The van der Waals surface area contributed by atoms with Crippen molar-refractivity contribution in [1.29, 1.82) is 0 Å². The number of carbonyl (C=O) groups is 1. The highest BCUT2D eigenvalue weighted by molar-refractivity contribution is 5.89. The lowest BCUT2D eigenvalue weighted by atomic mass is 10.0. The van der Waals surface area contributed by atoms with Gasteiger partial charge in [-0.3, -0.25) is 4.90 Å². The molecule has 0 atom stereocenters. The van der Waals surface area contributed by atoms with Crippen molar-refractivity contribution in [3.8, 4) is 16.9 Å². The number of piperazine rings is 1. The van der Waals surface area contributed by atoms with Gasteiger partial charge in [-0.1, -0.05) is 30.3 Å². The molecule has 6 nitrogen and oxygen atoms in total. The molecule has 1 N–H and O–H groups in total. The number of furan rings is 1. The number of carbonyl (C=O) groups excluding carboxylic acids is 1. The van der Waals surface area contributed by atoms with Crippen LogP contribution < -0.4 is 10.1 Å². The van der Waals surface area contributed by atoms with Crippen LogP contribution >= 0.6 is 0 Å². The van der Waals surface area contributed by atoms with E-state index in [1.807, 2.05) is 36.4 Å². The molecule has 4 aromatic rings. The first kappa shape index (κ1) is 22.0. The maximum atomic E-state index is 13.4. The Morgan fingerprint density at radius 3 is 2.62 bits per heavy atom. The second-order valence-electron chi connectivity index (χ2n) is 8.37. The Bertz CT molecular complexity index is 1310. The van der Waals surface area contributed by atoms with Crippen LogP contribution in [0, 0.1) is 5.82 Å². The maximum Gasteiger partial charge on any atom is 0.321 e. The van der Waals surface area contributed by atoms with E-state index in [1.165, 1.54) is 12.1 Å². The monoisotopic (exact) mass is 459 g/mol. The summed E-state index contributed by atoms with van der Waals surface area (Å²) >= 11 is 0. The molecule has 1 aromatic heterocycles. The quantitative estimate of drug-likeness (QED) is 0.422. The van der Waals surface area contributed by atoms with Gasteiger partial charge >= 0.3 is 6.03 Å². The third-order valence-electron chi connectivity index (χ3n) is 6.10. The van der Waals surface area contributed by atoms with Gasteiger partial charge < -0.3 is 19.4 Å². The summed E-state index contributed by atoms with van der Waals surface area (Å²) in [5, 5.41) is 3.81. The number of urea groups is 1. The topological polar surface area (TPSA) is 58.0 Å². The number of hydrogen-bond acceptors (Lipinski definition) is 4. The number of ether oxygens (including phenoxy) is 1. The minimum atomic E-state index is -0.372. The molecule has 174 valence electrons. The van der Waals surface area contributed by atoms with Crippen LogP contribution in [0.1, 0.15) is 5.76 Å². The number of amides is 2. The molecule has 1 fully saturated rings. The number of fused-ring (bicyclic) bond motifs is 1. The Morgan fingerprint density at radius 2 is 1.82 bits per heavy atom. The highest BCUT2D eigenvalue weighted by Crippen LogP contribution is 2.32. The van der Waals surface area contributed by atoms with E-state index in [-0.39, 0.29) is 11.8 Å². The van der Waals surface area contributed by atoms with Gasteiger partial charge in [-0.2, -0.15) is 0 Å². The van der Waals surface area contributed by atoms with Crippen molar-refractivity contribution in [3.63, 3.8) is 0 Å². The molecular weight excluding hydrogens is 433 g/mol. The summed E-state index contributed by atoms with van der Waals surface area (Å²) in [4.78, 5) is 16.5. The Balaban J connectivity index is 1.21. The van der Waals surface area contributed by atoms with Crippen molar-refractivity contribution in [2.75, 3.05) is 38.6 Å². The van der Waals surface area contributed by atoms with Crippen LogP contribution in [0.5, 0.6) is 5.75 Å². The van der Waals surface area contributed by atoms with Gasteiger partial charge in [0.15, 0.2) is 0 Å². The number of rotatable bonds is 5. The molecule has 0 bridgehead atoms. The Morgan fingerprint density at radius 1 is 1.00 bits per heavy atom. The van der Waals surface area contributed by atoms with Crippen LogP contribution in [0.3, 0.4) is 0 Å². The number of benzene rings is 3. The van der Waals surface area contributed by atoms with Crippen LogP contribution in [-0.2, 0) is 6.54 Å². The first-order chi connectivity index (χ1) is 16.6. The van der Waals surface area contributed by atoms with Crippen molar-refractivity contribution in [2.45, 2.75) is 6.54 Å². The second kappa shape index (κ2) is 9.57. The molecule has 0 saturated carbocycles. The smallest absolute Gasteiger partial charge is 0.321 e. The van der Waals surface area contributed by atoms with Gasteiger partial charge in [0.1, 0.15) is 22.9 Å². The summed E-state index contributed by atoms with van der Waals surface area (Å²) in [5.41, 5.74) is 3.43. The molecule has 0 radical (unpaired) electrons. The first-order valence-corrected chi connectivity index (χ1v) is 11.3. The minimum absolute atomic E-state index is 0.210. The summed E-state index contributed by atoms with van der Waals surface area (Å²) in [6.07, 6.45) is 0. The van der Waals surface area contributed by atoms with E-state index < -0.39 is 0 Å². The molecule has 1 aliphatic rings. The number of nitrogens with one attached hydrogen (secondary N) is 1. The minimum Gasteiger partial charge on any atom is -0.496 e. The lowest BCUT2D eigenvalue weighted by Gasteiger charge is -2.34. The third-order valence-corrected chi connectivity index (χ3v) is 6.10. The summed E-state index contributed by atoms with van der Waals surface area (Å²) < 4.78 is 24.9. The molecule has 2 amide bonds.